The normalized spacial score (nSPS) is 20.2. The molecule has 1 aliphatic carbocycles. The van der Waals surface area contributed by atoms with Gasteiger partial charge in [-0.1, -0.05) is 6.92 Å². The molecule has 1 amide bonds. The van der Waals surface area contributed by atoms with Crippen LogP contribution in [-0.2, 0) is 14.3 Å². The summed E-state index contributed by atoms with van der Waals surface area (Å²) in [6.45, 7) is 1.49. The predicted octanol–water partition coefficient (Wildman–Crippen LogP) is 2.72. The molecule has 2 atom stereocenters. The van der Waals surface area contributed by atoms with E-state index in [-0.39, 0.29) is 23.3 Å². The monoisotopic (exact) mass is 317 g/mol. The van der Waals surface area contributed by atoms with E-state index in [0.29, 0.717) is 0 Å². The van der Waals surface area contributed by atoms with Crippen molar-refractivity contribution in [1.82, 2.24) is 0 Å². The standard InChI is InChI=1S/C14H14F3NO4/c1-8-6-11(8)13(20)21-7-12(19)18-9-2-4-10(5-3-9)22-14(15,16)17/h2-5,8,11H,6-7H2,1H3,(H,18,19)/t8-,11-/m1/s1. The molecule has 0 heterocycles. The van der Waals surface area contributed by atoms with Crippen LogP contribution in [0.15, 0.2) is 24.3 Å². The molecule has 1 fully saturated rings. The Kier molecular flexibility index (Phi) is 4.58. The summed E-state index contributed by atoms with van der Waals surface area (Å²) in [5.41, 5.74) is 0.273. The Morgan fingerprint density at radius 3 is 2.36 bits per heavy atom. The SMILES string of the molecule is C[C@@H]1C[C@H]1C(=O)OCC(=O)Nc1ccc(OC(F)(F)F)cc1. The third kappa shape index (κ3) is 4.94. The molecule has 1 saturated carbocycles. The number of halogens is 3. The second kappa shape index (κ2) is 6.25. The van der Waals surface area contributed by atoms with Gasteiger partial charge in [-0.15, -0.1) is 13.2 Å². The third-order valence-electron chi connectivity index (χ3n) is 3.13. The van der Waals surface area contributed by atoms with E-state index < -0.39 is 24.8 Å². The van der Waals surface area contributed by atoms with Crippen LogP contribution in [0.2, 0.25) is 0 Å². The maximum absolute atomic E-state index is 12.0. The molecule has 0 radical (unpaired) electrons. The Hall–Kier alpha value is -2.25. The number of esters is 1. The van der Waals surface area contributed by atoms with Crippen molar-refractivity contribution >= 4 is 17.6 Å². The van der Waals surface area contributed by atoms with E-state index in [1.54, 1.807) is 0 Å². The van der Waals surface area contributed by atoms with Gasteiger partial charge in [-0.05, 0) is 36.6 Å². The van der Waals surface area contributed by atoms with Gasteiger partial charge in [-0.2, -0.15) is 0 Å². The van der Waals surface area contributed by atoms with Gasteiger partial charge in [0.2, 0.25) is 0 Å². The number of carbonyl (C=O) groups is 2. The van der Waals surface area contributed by atoms with Gasteiger partial charge in [0, 0.05) is 5.69 Å². The molecule has 0 aromatic heterocycles. The van der Waals surface area contributed by atoms with Crippen molar-refractivity contribution in [1.29, 1.82) is 0 Å². The zero-order chi connectivity index (χ0) is 16.3. The lowest BCUT2D eigenvalue weighted by molar-refractivity contribution is -0.274. The highest BCUT2D eigenvalue weighted by molar-refractivity contribution is 5.93. The van der Waals surface area contributed by atoms with E-state index in [9.17, 15) is 22.8 Å². The van der Waals surface area contributed by atoms with Crippen LogP contribution in [-0.4, -0.2) is 24.8 Å². The summed E-state index contributed by atoms with van der Waals surface area (Å²) in [6, 6.07) is 4.65. The van der Waals surface area contributed by atoms with Crippen LogP contribution in [0, 0.1) is 11.8 Å². The van der Waals surface area contributed by atoms with Gasteiger partial charge in [0.25, 0.3) is 5.91 Å². The Bertz CT molecular complexity index is 556. The number of benzene rings is 1. The van der Waals surface area contributed by atoms with Gasteiger partial charge in [-0.25, -0.2) is 0 Å². The molecule has 1 N–H and O–H groups in total. The van der Waals surface area contributed by atoms with Gasteiger partial charge >= 0.3 is 12.3 Å². The van der Waals surface area contributed by atoms with E-state index in [1.165, 1.54) is 12.1 Å². The molecular formula is C14H14F3NO4. The van der Waals surface area contributed by atoms with E-state index in [2.05, 4.69) is 10.1 Å². The second-order valence-corrected chi connectivity index (χ2v) is 5.05. The first kappa shape index (κ1) is 16.1. The fraction of sp³-hybridized carbons (Fsp3) is 0.429. The first-order chi connectivity index (χ1) is 10.2. The molecule has 1 aromatic rings. The van der Waals surface area contributed by atoms with Crippen molar-refractivity contribution in [3.05, 3.63) is 24.3 Å². The van der Waals surface area contributed by atoms with Gasteiger partial charge < -0.3 is 14.8 Å². The number of ether oxygens (including phenoxy) is 2. The quantitative estimate of drug-likeness (QED) is 0.848. The number of hydrogen-bond acceptors (Lipinski definition) is 4. The van der Waals surface area contributed by atoms with Crippen LogP contribution in [0.4, 0.5) is 18.9 Å². The molecule has 22 heavy (non-hydrogen) atoms. The van der Waals surface area contributed by atoms with E-state index >= 15 is 0 Å². The Balaban J connectivity index is 1.77. The van der Waals surface area contributed by atoms with Crippen LogP contribution in [0.1, 0.15) is 13.3 Å². The van der Waals surface area contributed by atoms with Crippen molar-refractivity contribution in [2.45, 2.75) is 19.7 Å². The first-order valence-corrected chi connectivity index (χ1v) is 6.57. The number of rotatable bonds is 5. The summed E-state index contributed by atoms with van der Waals surface area (Å²) in [5, 5.41) is 2.40. The Labute approximate surface area is 124 Å². The van der Waals surface area contributed by atoms with Gasteiger partial charge in [0.05, 0.1) is 5.92 Å². The van der Waals surface area contributed by atoms with Gasteiger partial charge in [0.1, 0.15) is 5.75 Å². The molecule has 1 aliphatic rings. The summed E-state index contributed by atoms with van der Waals surface area (Å²) >= 11 is 0. The summed E-state index contributed by atoms with van der Waals surface area (Å²) in [4.78, 5) is 23.0. The second-order valence-electron chi connectivity index (χ2n) is 5.05. The Morgan fingerprint density at radius 2 is 1.86 bits per heavy atom. The van der Waals surface area contributed by atoms with Crippen molar-refractivity contribution in [3.8, 4) is 5.75 Å². The van der Waals surface area contributed by atoms with Crippen LogP contribution >= 0.6 is 0 Å². The minimum Gasteiger partial charge on any atom is -0.455 e. The summed E-state index contributed by atoms with van der Waals surface area (Å²) in [5.74, 6) is -1.20. The molecule has 1 aromatic carbocycles. The summed E-state index contributed by atoms with van der Waals surface area (Å²) in [6.07, 6.45) is -4.00. The molecule has 0 aliphatic heterocycles. The fourth-order valence-corrected chi connectivity index (χ4v) is 1.83. The molecule has 5 nitrogen and oxygen atoms in total. The number of alkyl halides is 3. The average molecular weight is 317 g/mol. The highest BCUT2D eigenvalue weighted by atomic mass is 19.4. The minimum absolute atomic E-state index is 0.133. The van der Waals surface area contributed by atoms with Crippen LogP contribution in [0.3, 0.4) is 0 Å². The molecule has 0 bridgehead atoms. The number of carbonyl (C=O) groups excluding carboxylic acids is 2. The zero-order valence-electron chi connectivity index (χ0n) is 11.6. The van der Waals surface area contributed by atoms with Gasteiger partial charge in [-0.3, -0.25) is 9.59 Å². The lowest BCUT2D eigenvalue weighted by atomic mass is 10.3. The maximum atomic E-state index is 12.0. The summed E-state index contributed by atoms with van der Waals surface area (Å²) < 4.78 is 44.5. The highest BCUT2D eigenvalue weighted by Gasteiger charge is 2.40. The van der Waals surface area contributed by atoms with Crippen LogP contribution < -0.4 is 10.1 Å². The minimum atomic E-state index is -4.76. The molecule has 120 valence electrons. The highest BCUT2D eigenvalue weighted by Crippen LogP contribution is 2.38. The smallest absolute Gasteiger partial charge is 0.455 e. The van der Waals surface area contributed by atoms with Crippen LogP contribution in [0.25, 0.3) is 0 Å². The zero-order valence-corrected chi connectivity index (χ0v) is 11.6. The third-order valence-corrected chi connectivity index (χ3v) is 3.13. The molecule has 0 saturated heterocycles. The predicted molar refractivity (Wildman–Crippen MR) is 70.0 cm³/mol. The number of nitrogens with one attached hydrogen (secondary N) is 1. The lowest BCUT2D eigenvalue weighted by Gasteiger charge is -2.10. The number of anilines is 1. The van der Waals surface area contributed by atoms with Crippen LogP contribution in [0.5, 0.6) is 5.75 Å². The van der Waals surface area contributed by atoms with Crippen molar-refractivity contribution < 1.29 is 32.2 Å². The molecule has 8 heteroatoms. The van der Waals surface area contributed by atoms with Crippen molar-refractivity contribution in [2.24, 2.45) is 11.8 Å². The summed E-state index contributed by atoms with van der Waals surface area (Å²) in [7, 11) is 0. The van der Waals surface area contributed by atoms with Crippen molar-refractivity contribution in [3.63, 3.8) is 0 Å². The van der Waals surface area contributed by atoms with Gasteiger partial charge in [0.15, 0.2) is 6.61 Å². The van der Waals surface area contributed by atoms with E-state index in [4.69, 9.17) is 4.74 Å². The number of amides is 1. The van der Waals surface area contributed by atoms with Crippen molar-refractivity contribution in [2.75, 3.05) is 11.9 Å². The number of hydrogen-bond donors (Lipinski definition) is 1. The molecule has 0 spiro atoms. The maximum Gasteiger partial charge on any atom is 0.573 e. The lowest BCUT2D eigenvalue weighted by Crippen LogP contribution is -2.21. The fourth-order valence-electron chi connectivity index (χ4n) is 1.83. The largest absolute Gasteiger partial charge is 0.573 e. The van der Waals surface area contributed by atoms with E-state index in [1.807, 2.05) is 6.92 Å². The topological polar surface area (TPSA) is 64.6 Å². The first-order valence-electron chi connectivity index (χ1n) is 6.57. The van der Waals surface area contributed by atoms with E-state index in [0.717, 1.165) is 18.6 Å². The molecule has 2 rings (SSSR count). The average Bonchev–Trinajstić information content (AvgIpc) is 3.14. The molecular weight excluding hydrogens is 303 g/mol. The molecule has 0 unspecified atom stereocenters. The Morgan fingerprint density at radius 1 is 1.27 bits per heavy atom.